The van der Waals surface area contributed by atoms with Crippen LogP contribution in [-0.2, 0) is 14.3 Å². The smallest absolute Gasteiger partial charge is 0.323 e. The molecule has 0 spiro atoms. The first-order valence-corrected chi connectivity index (χ1v) is 6.70. The van der Waals surface area contributed by atoms with E-state index in [0.29, 0.717) is 19.6 Å². The number of nitrogens with one attached hydrogen (secondary N) is 1. The topological polar surface area (TPSA) is 67.8 Å². The summed E-state index contributed by atoms with van der Waals surface area (Å²) in [6.07, 6.45) is 4.84. The molecule has 1 aliphatic rings. The number of hydrogen-bond acceptors (Lipinski definition) is 4. The van der Waals surface area contributed by atoms with Gasteiger partial charge in [0.15, 0.2) is 0 Å². The molecule has 2 N–H and O–H groups in total. The molecule has 1 fully saturated rings. The van der Waals surface area contributed by atoms with Gasteiger partial charge in [0.1, 0.15) is 5.54 Å². The SMILES string of the molecule is CNC(C)(CCCCOCC1CCCO1)C(=O)O. The summed E-state index contributed by atoms with van der Waals surface area (Å²) in [6, 6.07) is 0. The molecule has 106 valence electrons. The summed E-state index contributed by atoms with van der Waals surface area (Å²) >= 11 is 0. The molecule has 0 aromatic heterocycles. The normalized spacial score (nSPS) is 22.9. The molecule has 1 heterocycles. The third-order valence-corrected chi connectivity index (χ3v) is 3.57. The van der Waals surface area contributed by atoms with Crippen molar-refractivity contribution in [1.29, 1.82) is 0 Å². The Morgan fingerprint density at radius 1 is 1.56 bits per heavy atom. The van der Waals surface area contributed by atoms with Gasteiger partial charge in [0.25, 0.3) is 0 Å². The molecule has 5 nitrogen and oxygen atoms in total. The van der Waals surface area contributed by atoms with Crippen LogP contribution >= 0.6 is 0 Å². The lowest BCUT2D eigenvalue weighted by Gasteiger charge is -2.23. The Morgan fingerprint density at radius 2 is 2.33 bits per heavy atom. The van der Waals surface area contributed by atoms with Gasteiger partial charge in [-0.3, -0.25) is 4.79 Å². The van der Waals surface area contributed by atoms with Gasteiger partial charge in [0.05, 0.1) is 12.7 Å². The molecule has 0 amide bonds. The number of carboxylic acid groups (broad SMARTS) is 1. The predicted molar refractivity (Wildman–Crippen MR) is 68.7 cm³/mol. The van der Waals surface area contributed by atoms with Crippen molar-refractivity contribution in [2.24, 2.45) is 0 Å². The molecule has 1 saturated heterocycles. The van der Waals surface area contributed by atoms with Gasteiger partial charge < -0.3 is 19.9 Å². The minimum Gasteiger partial charge on any atom is -0.480 e. The Hall–Kier alpha value is -0.650. The van der Waals surface area contributed by atoms with E-state index >= 15 is 0 Å². The Kier molecular flexibility index (Phi) is 6.60. The molecule has 0 aliphatic carbocycles. The molecule has 1 aliphatic heterocycles. The summed E-state index contributed by atoms with van der Waals surface area (Å²) < 4.78 is 11.0. The molecule has 18 heavy (non-hydrogen) atoms. The second kappa shape index (κ2) is 7.71. The van der Waals surface area contributed by atoms with Gasteiger partial charge in [-0.15, -0.1) is 0 Å². The second-order valence-corrected chi connectivity index (χ2v) is 5.05. The van der Waals surface area contributed by atoms with Crippen LogP contribution in [0.15, 0.2) is 0 Å². The zero-order chi connectivity index (χ0) is 13.4. The average molecular weight is 259 g/mol. The fourth-order valence-corrected chi connectivity index (χ4v) is 2.01. The Bertz CT molecular complexity index is 253. The number of unbranched alkanes of at least 4 members (excludes halogenated alkanes) is 1. The van der Waals surface area contributed by atoms with Crippen LogP contribution in [0.1, 0.15) is 39.0 Å². The van der Waals surface area contributed by atoms with Crippen LogP contribution in [0, 0.1) is 0 Å². The maximum atomic E-state index is 11.0. The molecule has 0 saturated carbocycles. The van der Waals surface area contributed by atoms with Crippen LogP contribution in [0.4, 0.5) is 0 Å². The number of rotatable bonds is 9. The van der Waals surface area contributed by atoms with E-state index in [-0.39, 0.29) is 6.10 Å². The van der Waals surface area contributed by atoms with Crippen molar-refractivity contribution < 1.29 is 19.4 Å². The summed E-state index contributed by atoms with van der Waals surface area (Å²) in [7, 11) is 1.68. The summed E-state index contributed by atoms with van der Waals surface area (Å²) in [6.45, 7) is 3.91. The zero-order valence-electron chi connectivity index (χ0n) is 11.4. The fourth-order valence-electron chi connectivity index (χ4n) is 2.01. The monoisotopic (exact) mass is 259 g/mol. The van der Waals surface area contributed by atoms with Gasteiger partial charge in [-0.25, -0.2) is 0 Å². The van der Waals surface area contributed by atoms with Crippen LogP contribution in [-0.4, -0.2) is 49.6 Å². The lowest BCUT2D eigenvalue weighted by Crippen LogP contribution is -2.47. The van der Waals surface area contributed by atoms with Crippen LogP contribution in [0.2, 0.25) is 0 Å². The van der Waals surface area contributed by atoms with Crippen molar-refractivity contribution in [2.45, 2.75) is 50.7 Å². The van der Waals surface area contributed by atoms with Gasteiger partial charge in [-0.2, -0.15) is 0 Å². The van der Waals surface area contributed by atoms with Gasteiger partial charge in [-0.1, -0.05) is 0 Å². The molecule has 0 radical (unpaired) electrons. The Balaban J connectivity index is 2.02. The second-order valence-electron chi connectivity index (χ2n) is 5.05. The van der Waals surface area contributed by atoms with Gasteiger partial charge >= 0.3 is 5.97 Å². The van der Waals surface area contributed by atoms with Crippen molar-refractivity contribution in [2.75, 3.05) is 26.9 Å². The van der Waals surface area contributed by atoms with Crippen LogP contribution < -0.4 is 5.32 Å². The fraction of sp³-hybridized carbons (Fsp3) is 0.923. The zero-order valence-corrected chi connectivity index (χ0v) is 11.4. The molecule has 5 heteroatoms. The van der Waals surface area contributed by atoms with Gasteiger partial charge in [0, 0.05) is 13.2 Å². The average Bonchev–Trinajstić information content (AvgIpc) is 2.86. The molecule has 1 rings (SSSR count). The first-order chi connectivity index (χ1) is 8.58. The van der Waals surface area contributed by atoms with E-state index in [1.807, 2.05) is 0 Å². The minimum atomic E-state index is -0.825. The highest BCUT2D eigenvalue weighted by Gasteiger charge is 2.30. The first-order valence-electron chi connectivity index (χ1n) is 6.70. The van der Waals surface area contributed by atoms with Crippen molar-refractivity contribution >= 4 is 5.97 Å². The van der Waals surface area contributed by atoms with E-state index in [0.717, 1.165) is 32.3 Å². The van der Waals surface area contributed by atoms with E-state index < -0.39 is 11.5 Å². The van der Waals surface area contributed by atoms with Gasteiger partial charge in [-0.05, 0) is 46.1 Å². The number of carbonyl (C=O) groups is 1. The van der Waals surface area contributed by atoms with Crippen molar-refractivity contribution in [3.63, 3.8) is 0 Å². The lowest BCUT2D eigenvalue weighted by molar-refractivity contribution is -0.144. The molecule has 2 atom stereocenters. The molecule has 0 aromatic rings. The van der Waals surface area contributed by atoms with Gasteiger partial charge in [0.2, 0.25) is 0 Å². The first kappa shape index (κ1) is 15.4. The predicted octanol–water partition coefficient (Wildman–Crippen LogP) is 1.41. The van der Waals surface area contributed by atoms with Crippen LogP contribution in [0.3, 0.4) is 0 Å². The number of carboxylic acids is 1. The number of aliphatic carboxylic acids is 1. The Labute approximate surface area is 109 Å². The standard InChI is InChI=1S/C13H25NO4/c1-13(14-2,12(15)16)7-3-4-8-17-10-11-6-5-9-18-11/h11,14H,3-10H2,1-2H3,(H,15,16). The third-order valence-electron chi connectivity index (χ3n) is 3.57. The molecular weight excluding hydrogens is 234 g/mol. The molecule has 2 unspecified atom stereocenters. The molecule has 0 bridgehead atoms. The largest absolute Gasteiger partial charge is 0.480 e. The quantitative estimate of drug-likeness (QED) is 0.613. The van der Waals surface area contributed by atoms with Crippen LogP contribution in [0.25, 0.3) is 0 Å². The summed E-state index contributed by atoms with van der Waals surface area (Å²) in [5.74, 6) is -0.801. The van der Waals surface area contributed by atoms with E-state index in [4.69, 9.17) is 14.6 Å². The highest BCUT2D eigenvalue weighted by molar-refractivity contribution is 5.78. The van der Waals surface area contributed by atoms with E-state index in [1.165, 1.54) is 0 Å². The summed E-state index contributed by atoms with van der Waals surface area (Å²) in [4.78, 5) is 11.0. The molecular formula is C13H25NO4. The molecule has 0 aromatic carbocycles. The summed E-state index contributed by atoms with van der Waals surface area (Å²) in [5, 5.41) is 11.9. The summed E-state index contributed by atoms with van der Waals surface area (Å²) in [5.41, 5.74) is -0.825. The van der Waals surface area contributed by atoms with E-state index in [2.05, 4.69) is 5.32 Å². The Morgan fingerprint density at radius 3 is 2.89 bits per heavy atom. The minimum absolute atomic E-state index is 0.270. The maximum Gasteiger partial charge on any atom is 0.323 e. The third kappa shape index (κ3) is 4.92. The lowest BCUT2D eigenvalue weighted by atomic mass is 9.95. The van der Waals surface area contributed by atoms with Crippen molar-refractivity contribution in [1.82, 2.24) is 5.32 Å². The van der Waals surface area contributed by atoms with Crippen LogP contribution in [0.5, 0.6) is 0 Å². The number of ether oxygens (including phenoxy) is 2. The highest BCUT2D eigenvalue weighted by Crippen LogP contribution is 2.15. The maximum absolute atomic E-state index is 11.0. The van der Waals surface area contributed by atoms with Crippen molar-refractivity contribution in [3.05, 3.63) is 0 Å². The highest BCUT2D eigenvalue weighted by atomic mass is 16.5. The van der Waals surface area contributed by atoms with E-state index in [9.17, 15) is 4.79 Å². The number of likely N-dealkylation sites (N-methyl/N-ethyl adjacent to an activating group) is 1. The van der Waals surface area contributed by atoms with Crippen molar-refractivity contribution in [3.8, 4) is 0 Å². The number of hydrogen-bond donors (Lipinski definition) is 2. The van der Waals surface area contributed by atoms with E-state index in [1.54, 1.807) is 14.0 Å².